The summed E-state index contributed by atoms with van der Waals surface area (Å²) >= 11 is 7.01. The summed E-state index contributed by atoms with van der Waals surface area (Å²) in [5.41, 5.74) is 7.10. The summed E-state index contributed by atoms with van der Waals surface area (Å²) in [6.07, 6.45) is 0. The highest BCUT2D eigenvalue weighted by atomic mass is 35.5. The number of nitrogens with one attached hydrogen (secondary N) is 1. The highest BCUT2D eigenvalue weighted by Gasteiger charge is 2.06. The van der Waals surface area contributed by atoms with E-state index in [0.29, 0.717) is 21.7 Å². The maximum atomic E-state index is 11.8. The molecule has 5 nitrogen and oxygen atoms in total. The second kappa shape index (κ2) is 6.58. The van der Waals surface area contributed by atoms with Crippen molar-refractivity contribution in [1.29, 1.82) is 0 Å². The van der Waals surface area contributed by atoms with Gasteiger partial charge in [-0.05, 0) is 31.2 Å². The number of anilines is 2. The van der Waals surface area contributed by atoms with E-state index in [1.165, 1.54) is 11.8 Å². The molecule has 0 saturated carbocycles. The molecule has 1 aromatic carbocycles. The Balaban J connectivity index is 1.90. The second-order valence-corrected chi connectivity index (χ2v) is 5.44. The number of hydrogen-bond donors (Lipinski definition) is 2. The number of carbonyl (C=O) groups excluding carboxylic acids is 1. The van der Waals surface area contributed by atoms with Crippen LogP contribution in [0.2, 0.25) is 5.02 Å². The van der Waals surface area contributed by atoms with E-state index >= 15 is 0 Å². The summed E-state index contributed by atoms with van der Waals surface area (Å²) in [6, 6.07) is 8.60. The lowest BCUT2D eigenvalue weighted by Crippen LogP contribution is -2.14. The van der Waals surface area contributed by atoms with Gasteiger partial charge in [0.05, 0.1) is 5.75 Å². The maximum absolute atomic E-state index is 11.8. The Morgan fingerprint density at radius 3 is 2.70 bits per heavy atom. The van der Waals surface area contributed by atoms with Crippen LogP contribution in [0.5, 0.6) is 0 Å². The molecule has 2 aromatic rings. The highest BCUT2D eigenvalue weighted by Crippen LogP contribution is 2.17. The van der Waals surface area contributed by atoms with Crippen LogP contribution in [0.3, 0.4) is 0 Å². The predicted octanol–water partition coefficient (Wildman–Crippen LogP) is 2.75. The van der Waals surface area contributed by atoms with Crippen molar-refractivity contribution in [2.45, 2.75) is 12.1 Å². The molecular weight excluding hydrogens is 296 g/mol. The molecule has 1 amide bonds. The number of nitrogens with two attached hydrogens (primary N) is 1. The molecular formula is C13H13ClN4OS. The minimum Gasteiger partial charge on any atom is -0.384 e. The summed E-state index contributed by atoms with van der Waals surface area (Å²) in [5, 5.41) is 3.88. The van der Waals surface area contributed by atoms with Gasteiger partial charge in [0.25, 0.3) is 0 Å². The molecule has 0 unspecified atom stereocenters. The fraction of sp³-hybridized carbons (Fsp3) is 0.154. The molecule has 0 fully saturated rings. The summed E-state index contributed by atoms with van der Waals surface area (Å²) < 4.78 is 0. The van der Waals surface area contributed by atoms with Crippen LogP contribution in [0.15, 0.2) is 35.5 Å². The molecule has 0 aliphatic heterocycles. The molecule has 1 heterocycles. The molecule has 0 atom stereocenters. The summed E-state index contributed by atoms with van der Waals surface area (Å²) in [6.45, 7) is 1.83. The van der Waals surface area contributed by atoms with E-state index in [9.17, 15) is 4.79 Å². The van der Waals surface area contributed by atoms with E-state index in [-0.39, 0.29) is 11.7 Å². The quantitative estimate of drug-likeness (QED) is 0.670. The van der Waals surface area contributed by atoms with E-state index in [2.05, 4.69) is 15.3 Å². The second-order valence-electron chi connectivity index (χ2n) is 4.06. The van der Waals surface area contributed by atoms with E-state index in [4.69, 9.17) is 17.3 Å². The Kier molecular flexibility index (Phi) is 4.81. The van der Waals surface area contributed by atoms with Crippen molar-refractivity contribution < 1.29 is 4.79 Å². The van der Waals surface area contributed by atoms with Crippen molar-refractivity contribution in [2.24, 2.45) is 0 Å². The number of nitrogens with zero attached hydrogens (tertiary/aromatic N) is 2. The number of aryl methyl sites for hydroxylation is 1. The van der Waals surface area contributed by atoms with Crippen LogP contribution in [-0.2, 0) is 4.79 Å². The van der Waals surface area contributed by atoms with E-state index in [1.54, 1.807) is 30.3 Å². The van der Waals surface area contributed by atoms with Crippen LogP contribution in [0.4, 0.5) is 11.5 Å². The van der Waals surface area contributed by atoms with Crippen LogP contribution >= 0.6 is 23.4 Å². The molecule has 0 spiro atoms. The normalized spacial score (nSPS) is 10.3. The zero-order valence-electron chi connectivity index (χ0n) is 10.8. The molecule has 0 saturated heterocycles. The van der Waals surface area contributed by atoms with Crippen molar-refractivity contribution in [2.75, 3.05) is 16.8 Å². The fourth-order valence-electron chi connectivity index (χ4n) is 1.49. The van der Waals surface area contributed by atoms with Crippen molar-refractivity contribution in [3.63, 3.8) is 0 Å². The molecule has 0 aliphatic carbocycles. The van der Waals surface area contributed by atoms with Crippen LogP contribution in [0.1, 0.15) is 5.69 Å². The first-order valence-electron chi connectivity index (χ1n) is 5.82. The molecule has 0 radical (unpaired) electrons. The average Bonchev–Trinajstić information content (AvgIpc) is 2.38. The first-order chi connectivity index (χ1) is 9.52. The SMILES string of the molecule is Cc1cc(N)nc(SCC(=O)Nc2ccc(Cl)cc2)n1. The fourth-order valence-corrected chi connectivity index (χ4v) is 2.33. The van der Waals surface area contributed by atoms with Crippen molar-refractivity contribution in [3.05, 3.63) is 41.0 Å². The number of rotatable bonds is 4. The Morgan fingerprint density at radius 2 is 2.05 bits per heavy atom. The zero-order valence-corrected chi connectivity index (χ0v) is 12.3. The number of benzene rings is 1. The number of carbonyl (C=O) groups is 1. The Hall–Kier alpha value is -1.79. The molecule has 1 aromatic heterocycles. The third kappa shape index (κ3) is 4.40. The summed E-state index contributed by atoms with van der Waals surface area (Å²) in [7, 11) is 0. The van der Waals surface area contributed by atoms with Crippen LogP contribution in [0.25, 0.3) is 0 Å². The van der Waals surface area contributed by atoms with Crippen molar-refractivity contribution in [1.82, 2.24) is 9.97 Å². The maximum Gasteiger partial charge on any atom is 0.234 e. The van der Waals surface area contributed by atoms with Gasteiger partial charge >= 0.3 is 0 Å². The first-order valence-corrected chi connectivity index (χ1v) is 7.18. The average molecular weight is 309 g/mol. The number of aromatic nitrogens is 2. The molecule has 20 heavy (non-hydrogen) atoms. The van der Waals surface area contributed by atoms with Crippen LogP contribution in [-0.4, -0.2) is 21.6 Å². The smallest absolute Gasteiger partial charge is 0.234 e. The molecule has 104 valence electrons. The number of amides is 1. The monoisotopic (exact) mass is 308 g/mol. The lowest BCUT2D eigenvalue weighted by Gasteiger charge is -2.05. The van der Waals surface area contributed by atoms with Crippen molar-refractivity contribution in [3.8, 4) is 0 Å². The molecule has 0 aliphatic rings. The molecule has 3 N–H and O–H groups in total. The number of hydrogen-bond acceptors (Lipinski definition) is 5. The Bertz CT molecular complexity index is 598. The largest absolute Gasteiger partial charge is 0.384 e. The summed E-state index contributed by atoms with van der Waals surface area (Å²) in [4.78, 5) is 20.0. The standard InChI is InChI=1S/C13H13ClN4OS/c1-8-6-11(15)18-13(16-8)20-7-12(19)17-10-4-2-9(14)3-5-10/h2-6H,7H2,1H3,(H,17,19)(H2,15,16,18). The van der Waals surface area contributed by atoms with Crippen LogP contribution in [0, 0.1) is 6.92 Å². The van der Waals surface area contributed by atoms with Gasteiger partial charge in [0.15, 0.2) is 5.16 Å². The van der Waals surface area contributed by atoms with E-state index < -0.39 is 0 Å². The number of halogens is 1. The molecule has 7 heteroatoms. The van der Waals surface area contributed by atoms with Crippen molar-refractivity contribution >= 4 is 40.8 Å². The number of nitrogen functional groups attached to an aromatic ring is 1. The Morgan fingerprint density at radius 1 is 1.35 bits per heavy atom. The Labute approximate surface area is 126 Å². The van der Waals surface area contributed by atoms with Gasteiger partial charge in [-0.15, -0.1) is 0 Å². The van der Waals surface area contributed by atoms with Crippen LogP contribution < -0.4 is 11.1 Å². The third-order valence-corrected chi connectivity index (χ3v) is 3.41. The van der Waals surface area contributed by atoms with Gasteiger partial charge < -0.3 is 11.1 Å². The van der Waals surface area contributed by atoms with Gasteiger partial charge in [-0.2, -0.15) is 0 Å². The van der Waals surface area contributed by atoms with E-state index in [0.717, 1.165) is 5.69 Å². The van der Waals surface area contributed by atoms with Gasteiger partial charge in [0, 0.05) is 22.5 Å². The van der Waals surface area contributed by atoms with E-state index in [1.807, 2.05) is 6.92 Å². The van der Waals surface area contributed by atoms with Gasteiger partial charge in [-0.3, -0.25) is 4.79 Å². The highest BCUT2D eigenvalue weighted by molar-refractivity contribution is 7.99. The topological polar surface area (TPSA) is 80.9 Å². The van der Waals surface area contributed by atoms with Gasteiger partial charge in [-0.25, -0.2) is 9.97 Å². The lowest BCUT2D eigenvalue weighted by atomic mass is 10.3. The summed E-state index contributed by atoms with van der Waals surface area (Å²) in [5.74, 6) is 0.477. The minimum atomic E-state index is -0.138. The van der Waals surface area contributed by atoms with Gasteiger partial charge in [0.2, 0.25) is 5.91 Å². The van der Waals surface area contributed by atoms with Gasteiger partial charge in [-0.1, -0.05) is 23.4 Å². The molecule has 2 rings (SSSR count). The lowest BCUT2D eigenvalue weighted by molar-refractivity contribution is -0.113. The molecule has 0 bridgehead atoms. The number of thioether (sulfide) groups is 1. The third-order valence-electron chi connectivity index (χ3n) is 2.31. The predicted molar refractivity (Wildman–Crippen MR) is 82.0 cm³/mol. The zero-order chi connectivity index (χ0) is 14.5. The minimum absolute atomic E-state index is 0.138. The van der Waals surface area contributed by atoms with Gasteiger partial charge in [0.1, 0.15) is 5.82 Å². The first kappa shape index (κ1) is 14.6.